The van der Waals surface area contributed by atoms with Crippen molar-refractivity contribution < 1.29 is 0 Å². The fourth-order valence-corrected chi connectivity index (χ4v) is 1.31. The number of aryl methyl sites for hydroxylation is 1. The standard InChI is InChI=1S/C6H10BrN3/c1-2-3-4-5(7)10-6(8)9-4/h2-3H2,1H3,(H3,8,9,10). The fourth-order valence-electron chi connectivity index (χ4n) is 0.823. The molecule has 10 heavy (non-hydrogen) atoms. The van der Waals surface area contributed by atoms with Crippen LogP contribution < -0.4 is 5.73 Å². The van der Waals surface area contributed by atoms with E-state index in [-0.39, 0.29) is 0 Å². The van der Waals surface area contributed by atoms with E-state index in [1.807, 2.05) is 0 Å². The van der Waals surface area contributed by atoms with Crippen molar-refractivity contribution in [3.8, 4) is 0 Å². The summed E-state index contributed by atoms with van der Waals surface area (Å²) in [5, 5.41) is 0. The highest BCUT2D eigenvalue weighted by Gasteiger charge is 2.02. The molecule has 0 radical (unpaired) electrons. The molecule has 3 nitrogen and oxygen atoms in total. The lowest BCUT2D eigenvalue weighted by atomic mass is 10.3. The Morgan fingerprint density at radius 1 is 1.70 bits per heavy atom. The van der Waals surface area contributed by atoms with Crippen LogP contribution in [0.2, 0.25) is 0 Å². The summed E-state index contributed by atoms with van der Waals surface area (Å²) >= 11 is 3.30. The second kappa shape index (κ2) is 3.05. The van der Waals surface area contributed by atoms with Crippen LogP contribution in [0, 0.1) is 0 Å². The Hall–Kier alpha value is -0.510. The average molecular weight is 204 g/mol. The van der Waals surface area contributed by atoms with Crippen LogP contribution in [-0.4, -0.2) is 9.97 Å². The van der Waals surface area contributed by atoms with E-state index in [1.54, 1.807) is 0 Å². The fraction of sp³-hybridized carbons (Fsp3) is 0.500. The molecule has 0 saturated heterocycles. The number of aromatic amines is 1. The zero-order valence-electron chi connectivity index (χ0n) is 5.82. The Morgan fingerprint density at radius 3 is 2.80 bits per heavy atom. The molecule has 1 rings (SSSR count). The Bertz CT molecular complexity index is 219. The van der Waals surface area contributed by atoms with Crippen molar-refractivity contribution >= 4 is 21.9 Å². The maximum atomic E-state index is 5.41. The first-order chi connectivity index (χ1) is 4.74. The minimum Gasteiger partial charge on any atom is -0.369 e. The summed E-state index contributed by atoms with van der Waals surface area (Å²) in [6, 6.07) is 0. The monoisotopic (exact) mass is 203 g/mol. The summed E-state index contributed by atoms with van der Waals surface area (Å²) < 4.78 is 0.840. The predicted molar refractivity (Wildman–Crippen MR) is 44.7 cm³/mol. The van der Waals surface area contributed by atoms with Crippen LogP contribution in [0.5, 0.6) is 0 Å². The van der Waals surface area contributed by atoms with Gasteiger partial charge in [-0.2, -0.15) is 0 Å². The molecule has 3 N–H and O–H groups in total. The van der Waals surface area contributed by atoms with Crippen LogP contribution >= 0.6 is 15.9 Å². The van der Waals surface area contributed by atoms with Gasteiger partial charge in [0.15, 0.2) is 5.95 Å². The van der Waals surface area contributed by atoms with Crippen molar-refractivity contribution in [2.45, 2.75) is 19.8 Å². The molecule has 1 heterocycles. The van der Waals surface area contributed by atoms with Gasteiger partial charge in [0.05, 0.1) is 5.69 Å². The van der Waals surface area contributed by atoms with Crippen molar-refractivity contribution in [2.24, 2.45) is 0 Å². The molecule has 56 valence electrons. The summed E-state index contributed by atoms with van der Waals surface area (Å²) in [6.45, 7) is 2.11. The summed E-state index contributed by atoms with van der Waals surface area (Å²) in [5.74, 6) is 0.482. The van der Waals surface area contributed by atoms with Crippen LogP contribution in [0.4, 0.5) is 5.95 Å². The van der Waals surface area contributed by atoms with E-state index in [0.29, 0.717) is 5.95 Å². The number of nitrogens with zero attached hydrogens (tertiary/aromatic N) is 1. The van der Waals surface area contributed by atoms with Crippen LogP contribution in [0.3, 0.4) is 0 Å². The zero-order valence-corrected chi connectivity index (χ0v) is 7.40. The first-order valence-electron chi connectivity index (χ1n) is 3.24. The van der Waals surface area contributed by atoms with Gasteiger partial charge in [-0.25, -0.2) is 4.98 Å². The predicted octanol–water partition coefficient (Wildman–Crippen LogP) is 1.71. The van der Waals surface area contributed by atoms with Gasteiger partial charge in [0.1, 0.15) is 4.60 Å². The number of imidazole rings is 1. The molecule has 0 amide bonds. The van der Waals surface area contributed by atoms with E-state index in [4.69, 9.17) is 5.73 Å². The second-order valence-electron chi connectivity index (χ2n) is 2.14. The molecule has 0 fully saturated rings. The number of aromatic nitrogens is 2. The van der Waals surface area contributed by atoms with Gasteiger partial charge in [-0.05, 0) is 22.4 Å². The minimum atomic E-state index is 0.482. The van der Waals surface area contributed by atoms with Gasteiger partial charge in [-0.15, -0.1) is 0 Å². The first-order valence-corrected chi connectivity index (χ1v) is 4.03. The van der Waals surface area contributed by atoms with Crippen LogP contribution in [0.15, 0.2) is 4.60 Å². The van der Waals surface area contributed by atoms with Gasteiger partial charge in [-0.1, -0.05) is 13.3 Å². The van der Waals surface area contributed by atoms with Gasteiger partial charge in [0.2, 0.25) is 0 Å². The lowest BCUT2D eigenvalue weighted by molar-refractivity contribution is 0.888. The van der Waals surface area contributed by atoms with Crippen LogP contribution in [0.1, 0.15) is 19.0 Å². The van der Waals surface area contributed by atoms with Crippen LogP contribution in [0.25, 0.3) is 0 Å². The third-order valence-corrected chi connectivity index (χ3v) is 1.90. The average Bonchev–Trinajstić information content (AvgIpc) is 2.13. The number of hydrogen-bond donors (Lipinski definition) is 2. The molecule has 0 aliphatic heterocycles. The Morgan fingerprint density at radius 2 is 2.40 bits per heavy atom. The van der Waals surface area contributed by atoms with Gasteiger partial charge in [0, 0.05) is 0 Å². The van der Waals surface area contributed by atoms with Gasteiger partial charge in [0.25, 0.3) is 0 Å². The minimum absolute atomic E-state index is 0.482. The second-order valence-corrected chi connectivity index (χ2v) is 2.89. The molecule has 0 bridgehead atoms. The molecule has 1 aromatic heterocycles. The number of halogens is 1. The van der Waals surface area contributed by atoms with Gasteiger partial charge in [-0.3, -0.25) is 0 Å². The molecule has 4 heteroatoms. The third kappa shape index (κ3) is 1.50. The van der Waals surface area contributed by atoms with Crippen molar-refractivity contribution in [1.82, 2.24) is 9.97 Å². The maximum Gasteiger partial charge on any atom is 0.198 e. The molecule has 0 unspecified atom stereocenters. The van der Waals surface area contributed by atoms with Crippen molar-refractivity contribution in [2.75, 3.05) is 5.73 Å². The lowest BCUT2D eigenvalue weighted by Crippen LogP contribution is -1.87. The van der Waals surface area contributed by atoms with Gasteiger partial charge >= 0.3 is 0 Å². The summed E-state index contributed by atoms with van der Waals surface area (Å²) in [7, 11) is 0. The lowest BCUT2D eigenvalue weighted by Gasteiger charge is -1.90. The number of nitrogens with one attached hydrogen (secondary N) is 1. The number of anilines is 1. The van der Waals surface area contributed by atoms with Gasteiger partial charge < -0.3 is 10.7 Å². The smallest absolute Gasteiger partial charge is 0.198 e. The van der Waals surface area contributed by atoms with Crippen molar-refractivity contribution in [3.63, 3.8) is 0 Å². The molecular weight excluding hydrogens is 194 g/mol. The number of nitrogen functional groups attached to an aromatic ring is 1. The SMILES string of the molecule is CCCc1[nH]c(N)nc1Br. The Balaban J connectivity index is 2.81. The van der Waals surface area contributed by atoms with Crippen LogP contribution in [-0.2, 0) is 6.42 Å². The maximum absolute atomic E-state index is 5.41. The van der Waals surface area contributed by atoms with E-state index < -0.39 is 0 Å². The van der Waals surface area contributed by atoms with E-state index in [9.17, 15) is 0 Å². The number of nitrogens with two attached hydrogens (primary N) is 1. The molecule has 0 aliphatic rings. The topological polar surface area (TPSA) is 54.7 Å². The first kappa shape index (κ1) is 7.60. The zero-order chi connectivity index (χ0) is 7.56. The number of hydrogen-bond acceptors (Lipinski definition) is 2. The summed E-state index contributed by atoms with van der Waals surface area (Å²) in [5.41, 5.74) is 6.50. The highest BCUT2D eigenvalue weighted by Crippen LogP contribution is 2.15. The third-order valence-electron chi connectivity index (χ3n) is 1.25. The molecule has 0 aliphatic carbocycles. The highest BCUT2D eigenvalue weighted by atomic mass is 79.9. The van der Waals surface area contributed by atoms with E-state index in [2.05, 4.69) is 32.8 Å². The summed E-state index contributed by atoms with van der Waals surface area (Å²) in [4.78, 5) is 6.93. The van der Waals surface area contributed by atoms with E-state index in [1.165, 1.54) is 0 Å². The molecule has 0 atom stereocenters. The largest absolute Gasteiger partial charge is 0.369 e. The molecule has 1 aromatic rings. The molecular formula is C6H10BrN3. The van der Waals surface area contributed by atoms with Crippen molar-refractivity contribution in [3.05, 3.63) is 10.3 Å². The molecule has 0 saturated carbocycles. The Kier molecular flexibility index (Phi) is 2.32. The highest BCUT2D eigenvalue weighted by molar-refractivity contribution is 9.10. The number of rotatable bonds is 2. The molecule has 0 spiro atoms. The molecule has 0 aromatic carbocycles. The Labute approximate surface area is 68.2 Å². The quantitative estimate of drug-likeness (QED) is 0.770. The normalized spacial score (nSPS) is 10.2. The number of H-pyrrole nitrogens is 1. The van der Waals surface area contributed by atoms with E-state index >= 15 is 0 Å². The van der Waals surface area contributed by atoms with E-state index in [0.717, 1.165) is 23.1 Å². The summed E-state index contributed by atoms with van der Waals surface area (Å²) in [6.07, 6.45) is 2.09. The van der Waals surface area contributed by atoms with Crippen molar-refractivity contribution in [1.29, 1.82) is 0 Å².